The first-order valence-corrected chi connectivity index (χ1v) is 7.01. The van der Waals surface area contributed by atoms with Crippen LogP contribution in [0.25, 0.3) is 0 Å². The summed E-state index contributed by atoms with van der Waals surface area (Å²) in [5.41, 5.74) is 2.30. The maximum Gasteiger partial charge on any atom is 0.127 e. The molecule has 21 heavy (non-hydrogen) atoms. The average Bonchev–Trinajstić information content (AvgIpc) is 2.55. The van der Waals surface area contributed by atoms with Crippen molar-refractivity contribution in [1.82, 2.24) is 0 Å². The van der Waals surface area contributed by atoms with Crippen molar-refractivity contribution < 1.29 is 4.74 Å². The summed E-state index contributed by atoms with van der Waals surface area (Å²) in [6, 6.07) is 28.1. The molecule has 3 rings (SSSR count). The molecule has 3 aromatic rings. The van der Waals surface area contributed by atoms with Gasteiger partial charge in [0.25, 0.3) is 0 Å². The van der Waals surface area contributed by atoms with Crippen molar-refractivity contribution in [1.29, 1.82) is 0 Å². The first kappa shape index (κ1) is 13.3. The molecule has 104 valence electrons. The van der Waals surface area contributed by atoms with Gasteiger partial charge in [0.2, 0.25) is 0 Å². The molecule has 0 spiro atoms. The van der Waals surface area contributed by atoms with Gasteiger partial charge in [0.05, 0.1) is 0 Å². The minimum absolute atomic E-state index is 0.774. The van der Waals surface area contributed by atoms with E-state index in [0.29, 0.717) is 0 Å². The Labute approximate surface area is 125 Å². The van der Waals surface area contributed by atoms with Gasteiger partial charge in [0.1, 0.15) is 11.5 Å². The van der Waals surface area contributed by atoms with Crippen LogP contribution in [0.15, 0.2) is 84.9 Å². The number of ether oxygens (including phenoxy) is 1. The van der Waals surface area contributed by atoms with Crippen molar-refractivity contribution >= 4 is 5.69 Å². The van der Waals surface area contributed by atoms with Crippen LogP contribution in [0, 0.1) is 0 Å². The minimum Gasteiger partial charge on any atom is -0.457 e. The zero-order valence-electron chi connectivity index (χ0n) is 11.7. The third kappa shape index (κ3) is 3.86. The van der Waals surface area contributed by atoms with Crippen LogP contribution in [0.2, 0.25) is 0 Å². The molecule has 0 heterocycles. The first-order chi connectivity index (χ1) is 10.4. The lowest BCUT2D eigenvalue weighted by molar-refractivity contribution is 0.482. The Balaban J connectivity index is 1.66. The molecule has 3 aromatic carbocycles. The van der Waals surface area contributed by atoms with Crippen LogP contribution in [0.4, 0.5) is 5.69 Å². The fourth-order valence-electron chi connectivity index (χ4n) is 2.10. The molecule has 0 fully saturated rings. The number of nitrogens with one attached hydrogen (secondary N) is 1. The molecule has 0 bridgehead atoms. The van der Waals surface area contributed by atoms with Gasteiger partial charge in [-0.3, -0.25) is 0 Å². The highest BCUT2D eigenvalue weighted by Gasteiger charge is 1.99. The molecule has 0 saturated carbocycles. The van der Waals surface area contributed by atoms with Gasteiger partial charge in [-0.1, -0.05) is 48.5 Å². The van der Waals surface area contributed by atoms with E-state index in [2.05, 4.69) is 29.6 Å². The number of para-hydroxylation sites is 2. The smallest absolute Gasteiger partial charge is 0.127 e. The molecular formula is C19H17NO. The zero-order valence-corrected chi connectivity index (χ0v) is 11.7. The molecule has 0 aliphatic heterocycles. The average molecular weight is 275 g/mol. The molecule has 0 aromatic heterocycles. The lowest BCUT2D eigenvalue weighted by atomic mass is 10.2. The number of hydrogen-bond acceptors (Lipinski definition) is 2. The minimum atomic E-state index is 0.774. The summed E-state index contributed by atoms with van der Waals surface area (Å²) in [5.74, 6) is 1.71. The first-order valence-electron chi connectivity index (χ1n) is 7.01. The van der Waals surface area contributed by atoms with E-state index in [4.69, 9.17) is 4.74 Å². The molecule has 0 atom stereocenters. The molecule has 0 aliphatic rings. The third-order valence-corrected chi connectivity index (χ3v) is 3.15. The van der Waals surface area contributed by atoms with Crippen LogP contribution >= 0.6 is 0 Å². The summed E-state index contributed by atoms with van der Waals surface area (Å²) in [6.07, 6.45) is 0. The molecule has 0 unspecified atom stereocenters. The van der Waals surface area contributed by atoms with Crippen molar-refractivity contribution in [2.24, 2.45) is 0 Å². The van der Waals surface area contributed by atoms with Crippen LogP contribution in [0.1, 0.15) is 5.56 Å². The number of anilines is 1. The molecule has 0 saturated heterocycles. The largest absolute Gasteiger partial charge is 0.457 e. The maximum atomic E-state index is 5.84. The predicted molar refractivity (Wildman–Crippen MR) is 86.7 cm³/mol. The van der Waals surface area contributed by atoms with Gasteiger partial charge in [0, 0.05) is 12.2 Å². The van der Waals surface area contributed by atoms with Crippen molar-refractivity contribution in [2.45, 2.75) is 6.54 Å². The van der Waals surface area contributed by atoms with Crippen LogP contribution in [0.5, 0.6) is 11.5 Å². The van der Waals surface area contributed by atoms with Crippen LogP contribution in [-0.2, 0) is 6.54 Å². The number of hydrogen-bond donors (Lipinski definition) is 1. The van der Waals surface area contributed by atoms with Gasteiger partial charge in [-0.15, -0.1) is 0 Å². The highest BCUT2D eigenvalue weighted by atomic mass is 16.5. The van der Waals surface area contributed by atoms with Gasteiger partial charge in [-0.2, -0.15) is 0 Å². The Morgan fingerprint density at radius 3 is 2.10 bits per heavy atom. The monoisotopic (exact) mass is 275 g/mol. The van der Waals surface area contributed by atoms with Crippen molar-refractivity contribution in [2.75, 3.05) is 5.32 Å². The van der Waals surface area contributed by atoms with Crippen LogP contribution < -0.4 is 10.1 Å². The number of rotatable bonds is 5. The summed E-state index contributed by atoms with van der Waals surface area (Å²) in [5, 5.41) is 3.40. The quantitative estimate of drug-likeness (QED) is 0.700. The summed E-state index contributed by atoms with van der Waals surface area (Å²) in [7, 11) is 0. The number of benzene rings is 3. The zero-order chi connectivity index (χ0) is 14.3. The normalized spacial score (nSPS) is 10.1. The lowest BCUT2D eigenvalue weighted by Crippen LogP contribution is -1.99. The fraction of sp³-hybridized carbons (Fsp3) is 0.0526. The van der Waals surface area contributed by atoms with Crippen LogP contribution in [-0.4, -0.2) is 0 Å². The van der Waals surface area contributed by atoms with Gasteiger partial charge >= 0.3 is 0 Å². The third-order valence-electron chi connectivity index (χ3n) is 3.15. The summed E-state index contributed by atoms with van der Waals surface area (Å²) in [4.78, 5) is 0. The van der Waals surface area contributed by atoms with Gasteiger partial charge in [-0.25, -0.2) is 0 Å². The predicted octanol–water partition coefficient (Wildman–Crippen LogP) is 5.09. The Bertz CT molecular complexity index is 680. The summed E-state index contributed by atoms with van der Waals surface area (Å²) in [6.45, 7) is 0.774. The second-order valence-corrected chi connectivity index (χ2v) is 4.78. The van der Waals surface area contributed by atoms with Gasteiger partial charge in [0.15, 0.2) is 0 Å². The Hall–Kier alpha value is -2.74. The van der Waals surface area contributed by atoms with E-state index in [9.17, 15) is 0 Å². The van der Waals surface area contributed by atoms with E-state index in [1.807, 2.05) is 60.7 Å². The second-order valence-electron chi connectivity index (χ2n) is 4.78. The van der Waals surface area contributed by atoms with E-state index < -0.39 is 0 Å². The van der Waals surface area contributed by atoms with Crippen molar-refractivity contribution in [3.63, 3.8) is 0 Å². The SMILES string of the molecule is c1ccc(NCc2cccc(Oc3ccccc3)c2)cc1. The van der Waals surface area contributed by atoms with Gasteiger partial charge in [-0.05, 0) is 42.0 Å². The molecular weight excluding hydrogens is 258 g/mol. The Morgan fingerprint density at radius 1 is 0.667 bits per heavy atom. The maximum absolute atomic E-state index is 5.84. The van der Waals surface area contributed by atoms with Crippen LogP contribution in [0.3, 0.4) is 0 Å². The van der Waals surface area contributed by atoms with Crippen molar-refractivity contribution in [3.05, 3.63) is 90.5 Å². The highest BCUT2D eigenvalue weighted by molar-refractivity contribution is 5.44. The molecule has 2 nitrogen and oxygen atoms in total. The molecule has 2 heteroatoms. The van der Waals surface area contributed by atoms with E-state index in [1.165, 1.54) is 5.56 Å². The van der Waals surface area contributed by atoms with E-state index in [-0.39, 0.29) is 0 Å². The molecule has 0 amide bonds. The molecule has 1 N–H and O–H groups in total. The topological polar surface area (TPSA) is 21.3 Å². The Morgan fingerprint density at radius 2 is 1.33 bits per heavy atom. The van der Waals surface area contributed by atoms with E-state index in [0.717, 1.165) is 23.7 Å². The summed E-state index contributed by atoms with van der Waals surface area (Å²) >= 11 is 0. The second kappa shape index (κ2) is 6.62. The van der Waals surface area contributed by atoms with Gasteiger partial charge < -0.3 is 10.1 Å². The molecule has 0 aliphatic carbocycles. The lowest BCUT2D eigenvalue weighted by Gasteiger charge is -2.09. The highest BCUT2D eigenvalue weighted by Crippen LogP contribution is 2.22. The molecule has 0 radical (unpaired) electrons. The fourth-order valence-corrected chi connectivity index (χ4v) is 2.10. The van der Waals surface area contributed by atoms with Crippen molar-refractivity contribution in [3.8, 4) is 11.5 Å². The summed E-state index contributed by atoms with van der Waals surface area (Å²) < 4.78 is 5.84. The standard InChI is InChI=1S/C19H17NO/c1-3-9-17(10-4-1)20-15-16-8-7-13-19(14-16)21-18-11-5-2-6-12-18/h1-14,20H,15H2. The van der Waals surface area contributed by atoms with E-state index >= 15 is 0 Å². The Kier molecular flexibility index (Phi) is 4.18. The van der Waals surface area contributed by atoms with E-state index in [1.54, 1.807) is 0 Å².